The number of benzene rings is 3. The Hall–Kier alpha value is -4.51. The second-order valence-electron chi connectivity index (χ2n) is 10.7. The van der Waals surface area contributed by atoms with Gasteiger partial charge < -0.3 is 10.0 Å². The number of hydrogen-bond donors (Lipinski definition) is 1. The van der Waals surface area contributed by atoms with E-state index in [9.17, 15) is 9.90 Å². The largest absolute Gasteiger partial charge is 0.478 e. The Bertz CT molecular complexity index is 1580. The molecular formula is C34H29N3O2. The lowest BCUT2D eigenvalue weighted by Crippen LogP contribution is -2.54. The molecule has 3 atom stereocenters. The standard InChI is InChI=1S/C34H29N3O2/c38-33(39)25-14-16-26(17-15-25)35-27-18-19-30-32(21-27)37-31(24-11-5-2-6-12-24)22-28(23-9-3-1-4-10-23)29-13-7-8-20-34(29,37)36-30/h1-6,9-12,14-19,21-22,28-29H,7-8,13,20H2,(H,38,39). The molecule has 1 fully saturated rings. The quantitative estimate of drug-likeness (QED) is 0.371. The first-order valence-corrected chi connectivity index (χ1v) is 13.7. The fraction of sp³-hybridized carbons (Fsp3) is 0.206. The fourth-order valence-electron chi connectivity index (χ4n) is 6.74. The Labute approximate surface area is 228 Å². The van der Waals surface area contributed by atoms with Crippen LogP contribution in [0.1, 0.15) is 53.1 Å². The molecule has 5 nitrogen and oxygen atoms in total. The van der Waals surface area contributed by atoms with E-state index in [0.717, 1.165) is 42.1 Å². The predicted octanol–water partition coefficient (Wildman–Crippen LogP) is 7.39. The van der Waals surface area contributed by atoms with Crippen LogP contribution in [0.4, 0.5) is 5.69 Å². The summed E-state index contributed by atoms with van der Waals surface area (Å²) in [6, 6.07) is 28.3. The maximum Gasteiger partial charge on any atom is 0.335 e. The average Bonchev–Trinajstić information content (AvgIpc) is 3.30. The number of fused-ring (bicyclic) bond motifs is 2. The molecule has 2 aliphatic heterocycles. The van der Waals surface area contributed by atoms with E-state index >= 15 is 0 Å². The molecule has 0 bridgehead atoms. The van der Waals surface area contributed by atoms with E-state index in [1.54, 1.807) is 24.3 Å². The zero-order chi connectivity index (χ0) is 26.4. The first-order chi connectivity index (χ1) is 19.1. The molecule has 1 N–H and O–H groups in total. The van der Waals surface area contributed by atoms with E-state index in [4.69, 9.17) is 9.98 Å². The Morgan fingerprint density at radius 2 is 1.64 bits per heavy atom. The van der Waals surface area contributed by atoms with Gasteiger partial charge in [-0.15, -0.1) is 0 Å². The van der Waals surface area contributed by atoms with Crippen molar-refractivity contribution in [3.63, 3.8) is 0 Å². The summed E-state index contributed by atoms with van der Waals surface area (Å²) in [7, 11) is 0. The lowest BCUT2D eigenvalue weighted by Gasteiger charge is -2.53. The van der Waals surface area contributed by atoms with Gasteiger partial charge in [-0.2, -0.15) is 0 Å². The molecule has 39 heavy (non-hydrogen) atoms. The zero-order valence-electron chi connectivity index (χ0n) is 21.6. The molecule has 5 heteroatoms. The van der Waals surface area contributed by atoms with E-state index < -0.39 is 5.97 Å². The van der Waals surface area contributed by atoms with Crippen LogP contribution < -0.4 is 0 Å². The minimum Gasteiger partial charge on any atom is -0.478 e. The van der Waals surface area contributed by atoms with Gasteiger partial charge in [-0.25, -0.2) is 9.79 Å². The van der Waals surface area contributed by atoms with Crippen LogP contribution in [0.25, 0.3) is 5.70 Å². The van der Waals surface area contributed by atoms with Crippen LogP contribution in [0.3, 0.4) is 0 Å². The molecule has 2 aliphatic carbocycles. The summed E-state index contributed by atoms with van der Waals surface area (Å²) in [6.07, 6.45) is 13.3. The van der Waals surface area contributed by atoms with Gasteiger partial charge in [-0.1, -0.05) is 73.2 Å². The van der Waals surface area contributed by atoms with Crippen molar-refractivity contribution in [3.8, 4) is 0 Å². The van der Waals surface area contributed by atoms with Gasteiger partial charge in [0.2, 0.25) is 0 Å². The Morgan fingerprint density at radius 1 is 0.897 bits per heavy atom. The molecule has 3 unspecified atom stereocenters. The lowest BCUT2D eigenvalue weighted by atomic mass is 9.66. The maximum atomic E-state index is 11.3. The highest BCUT2D eigenvalue weighted by Gasteiger charge is 2.56. The van der Waals surface area contributed by atoms with E-state index in [2.05, 4.69) is 83.8 Å². The van der Waals surface area contributed by atoms with Crippen LogP contribution in [-0.2, 0) is 0 Å². The molecule has 7 rings (SSSR count). The molecule has 4 aliphatic rings. The monoisotopic (exact) mass is 511 g/mol. The van der Waals surface area contributed by atoms with Crippen LogP contribution in [0.5, 0.6) is 0 Å². The highest BCUT2D eigenvalue weighted by molar-refractivity contribution is 6.23. The van der Waals surface area contributed by atoms with E-state index in [-0.39, 0.29) is 17.1 Å². The number of aliphatic imine (C=N–C) groups is 2. The minimum atomic E-state index is -0.938. The zero-order valence-corrected chi connectivity index (χ0v) is 21.6. The van der Waals surface area contributed by atoms with Gasteiger partial charge in [0.1, 0.15) is 5.66 Å². The van der Waals surface area contributed by atoms with Crippen LogP contribution in [0, 0.1) is 5.92 Å². The number of rotatable bonds is 4. The Morgan fingerprint density at radius 3 is 2.38 bits per heavy atom. The molecule has 0 aromatic heterocycles. The maximum absolute atomic E-state index is 11.3. The van der Waals surface area contributed by atoms with E-state index in [1.807, 2.05) is 6.08 Å². The van der Waals surface area contributed by atoms with Gasteiger partial charge in [-0.05, 0) is 72.9 Å². The Kier molecular flexibility index (Phi) is 5.66. The van der Waals surface area contributed by atoms with Crippen molar-refractivity contribution in [2.75, 3.05) is 0 Å². The van der Waals surface area contributed by atoms with Gasteiger partial charge >= 0.3 is 5.97 Å². The van der Waals surface area contributed by atoms with E-state index in [0.29, 0.717) is 5.92 Å². The van der Waals surface area contributed by atoms with Gasteiger partial charge in [0.15, 0.2) is 0 Å². The second kappa shape index (κ2) is 9.35. The molecule has 0 amide bonds. The van der Waals surface area contributed by atoms with Gasteiger partial charge in [0.05, 0.1) is 28.4 Å². The average molecular weight is 512 g/mol. The summed E-state index contributed by atoms with van der Waals surface area (Å²) in [5, 5.41) is 9.23. The summed E-state index contributed by atoms with van der Waals surface area (Å²) in [5.41, 5.74) is 7.32. The number of nitrogens with zero attached hydrogens (tertiary/aromatic N) is 3. The topological polar surface area (TPSA) is 65.3 Å². The molecular weight excluding hydrogens is 482 g/mol. The molecule has 3 aromatic rings. The number of carboxylic acids is 1. The molecule has 1 spiro atoms. The third kappa shape index (κ3) is 3.97. The van der Waals surface area contributed by atoms with Gasteiger partial charge in [0, 0.05) is 17.5 Å². The van der Waals surface area contributed by atoms with Crippen molar-refractivity contribution in [3.05, 3.63) is 132 Å². The van der Waals surface area contributed by atoms with Crippen LogP contribution in [0.15, 0.2) is 125 Å². The summed E-state index contributed by atoms with van der Waals surface area (Å²) < 4.78 is 0. The number of aromatic carboxylic acids is 1. The summed E-state index contributed by atoms with van der Waals surface area (Å²) in [6.45, 7) is 0. The van der Waals surface area contributed by atoms with Crippen molar-refractivity contribution in [1.29, 1.82) is 0 Å². The molecule has 0 radical (unpaired) electrons. The van der Waals surface area contributed by atoms with Crippen LogP contribution in [0.2, 0.25) is 0 Å². The van der Waals surface area contributed by atoms with Crippen LogP contribution in [-0.4, -0.2) is 33.1 Å². The summed E-state index contributed by atoms with van der Waals surface area (Å²) in [4.78, 5) is 24.1. The second-order valence-corrected chi connectivity index (χ2v) is 10.7. The summed E-state index contributed by atoms with van der Waals surface area (Å²) in [5.74, 6) is -0.280. The molecule has 2 heterocycles. The smallest absolute Gasteiger partial charge is 0.335 e. The van der Waals surface area contributed by atoms with Crippen molar-refractivity contribution in [2.45, 2.75) is 37.3 Å². The van der Waals surface area contributed by atoms with Crippen molar-refractivity contribution >= 4 is 28.8 Å². The van der Waals surface area contributed by atoms with Crippen LogP contribution >= 0.6 is 0 Å². The number of carboxylic acid groups (broad SMARTS) is 1. The minimum absolute atomic E-state index is 0.255. The highest BCUT2D eigenvalue weighted by Crippen LogP contribution is 2.57. The third-order valence-electron chi connectivity index (χ3n) is 8.44. The highest BCUT2D eigenvalue weighted by atomic mass is 16.4. The van der Waals surface area contributed by atoms with Gasteiger partial charge in [-0.3, -0.25) is 4.99 Å². The van der Waals surface area contributed by atoms with Crippen molar-refractivity contribution < 1.29 is 9.90 Å². The molecule has 192 valence electrons. The fourth-order valence-corrected chi connectivity index (χ4v) is 6.74. The summed E-state index contributed by atoms with van der Waals surface area (Å²) >= 11 is 0. The first-order valence-electron chi connectivity index (χ1n) is 13.7. The van der Waals surface area contributed by atoms with Crippen molar-refractivity contribution in [2.24, 2.45) is 15.9 Å². The van der Waals surface area contributed by atoms with E-state index in [1.165, 1.54) is 23.2 Å². The Balaban J connectivity index is 1.37. The van der Waals surface area contributed by atoms with Crippen molar-refractivity contribution in [1.82, 2.24) is 4.90 Å². The molecule has 1 saturated carbocycles. The first kappa shape index (κ1) is 23.6. The number of allylic oxidation sites excluding steroid dienone is 4. The SMILES string of the molecule is O=C(O)c1ccc(N=C2C=CC3=NC45CCCCC4C(c4ccccc4)C=C(c4ccccc4)N5C3=C2)cc1. The normalized spacial score (nSPS) is 26.2. The predicted molar refractivity (Wildman–Crippen MR) is 155 cm³/mol. The molecule has 0 saturated heterocycles. The van der Waals surface area contributed by atoms with Gasteiger partial charge in [0.25, 0.3) is 0 Å². The third-order valence-corrected chi connectivity index (χ3v) is 8.44. The lowest BCUT2D eigenvalue weighted by molar-refractivity contribution is 0.0686. The number of carbonyl (C=O) groups is 1. The molecule has 3 aromatic carbocycles. The number of hydrogen-bond acceptors (Lipinski definition) is 4.